The number of fused-ring (bicyclic) bond motifs is 3. The Kier molecular flexibility index (Phi) is 5.29. The van der Waals surface area contributed by atoms with Gasteiger partial charge in [-0.1, -0.05) is 0 Å². The predicted octanol–water partition coefficient (Wildman–Crippen LogP) is 3.55. The zero-order chi connectivity index (χ0) is 19.8. The van der Waals surface area contributed by atoms with Gasteiger partial charge in [0.2, 0.25) is 0 Å². The first-order valence-corrected chi connectivity index (χ1v) is 9.34. The SMILES string of the molecule is CCOC(=O)CCc1c(C)c2ccc3c(c2oc1=O)CN(C(C)(C)C)CO3. The smallest absolute Gasteiger partial charge is 0.339 e. The van der Waals surface area contributed by atoms with Gasteiger partial charge in [0.25, 0.3) is 0 Å². The molecule has 0 fully saturated rings. The van der Waals surface area contributed by atoms with Crippen LogP contribution in [-0.2, 0) is 22.5 Å². The predicted molar refractivity (Wildman–Crippen MR) is 103 cm³/mol. The summed E-state index contributed by atoms with van der Waals surface area (Å²) in [5.74, 6) is 0.445. The summed E-state index contributed by atoms with van der Waals surface area (Å²) in [6, 6.07) is 3.85. The van der Waals surface area contributed by atoms with Gasteiger partial charge in [-0.2, -0.15) is 0 Å². The van der Waals surface area contributed by atoms with E-state index in [1.54, 1.807) is 6.92 Å². The highest BCUT2D eigenvalue weighted by atomic mass is 16.5. The second kappa shape index (κ2) is 7.35. The molecule has 1 aliphatic heterocycles. The maximum absolute atomic E-state index is 12.6. The third-order valence-corrected chi connectivity index (χ3v) is 5.07. The Balaban J connectivity index is 2.01. The Morgan fingerprint density at radius 3 is 2.70 bits per heavy atom. The van der Waals surface area contributed by atoms with E-state index in [2.05, 4.69) is 25.7 Å². The van der Waals surface area contributed by atoms with Gasteiger partial charge in [-0.3, -0.25) is 9.69 Å². The van der Waals surface area contributed by atoms with Crippen LogP contribution in [0.5, 0.6) is 5.75 Å². The van der Waals surface area contributed by atoms with Gasteiger partial charge in [0.05, 0.1) is 12.2 Å². The maximum Gasteiger partial charge on any atom is 0.339 e. The monoisotopic (exact) mass is 373 g/mol. The van der Waals surface area contributed by atoms with Crippen LogP contribution in [0.4, 0.5) is 0 Å². The van der Waals surface area contributed by atoms with Crippen molar-refractivity contribution in [3.05, 3.63) is 39.2 Å². The summed E-state index contributed by atoms with van der Waals surface area (Å²) < 4.78 is 16.6. The Labute approximate surface area is 159 Å². The van der Waals surface area contributed by atoms with E-state index in [1.165, 1.54) is 0 Å². The number of nitrogens with zero attached hydrogens (tertiary/aromatic N) is 1. The lowest BCUT2D eigenvalue weighted by Crippen LogP contribution is -2.45. The molecule has 2 aromatic rings. The van der Waals surface area contributed by atoms with Crippen molar-refractivity contribution in [2.75, 3.05) is 13.3 Å². The molecule has 6 nitrogen and oxygen atoms in total. The lowest BCUT2D eigenvalue weighted by molar-refractivity contribution is -0.143. The minimum atomic E-state index is -0.398. The first-order valence-electron chi connectivity index (χ1n) is 9.34. The first-order chi connectivity index (χ1) is 12.7. The van der Waals surface area contributed by atoms with Gasteiger partial charge in [0, 0.05) is 29.5 Å². The number of carbonyl (C=O) groups is 1. The van der Waals surface area contributed by atoms with E-state index in [9.17, 15) is 9.59 Å². The summed E-state index contributed by atoms with van der Waals surface area (Å²) in [5.41, 5.74) is 2.38. The molecule has 2 heterocycles. The van der Waals surface area contributed by atoms with Crippen LogP contribution >= 0.6 is 0 Å². The number of ether oxygens (including phenoxy) is 2. The Bertz CT molecular complexity index is 923. The van der Waals surface area contributed by atoms with Crippen molar-refractivity contribution >= 4 is 16.9 Å². The number of hydrogen-bond donors (Lipinski definition) is 0. The van der Waals surface area contributed by atoms with E-state index in [0.29, 0.717) is 37.4 Å². The standard InChI is InChI=1S/C21H27NO5/c1-6-25-18(23)10-8-15-13(2)14-7-9-17-16(19(14)27-20(15)24)11-22(12-26-17)21(3,4)5/h7,9H,6,8,10-12H2,1-5H3. The van der Waals surface area contributed by atoms with Gasteiger partial charge in [-0.25, -0.2) is 4.79 Å². The van der Waals surface area contributed by atoms with E-state index in [0.717, 1.165) is 22.3 Å². The van der Waals surface area contributed by atoms with Gasteiger partial charge < -0.3 is 13.9 Å². The Morgan fingerprint density at radius 2 is 2.04 bits per heavy atom. The second-order valence-corrected chi connectivity index (χ2v) is 7.86. The molecule has 0 atom stereocenters. The third-order valence-electron chi connectivity index (χ3n) is 5.07. The summed E-state index contributed by atoms with van der Waals surface area (Å²) in [6.45, 7) is 11.5. The molecule has 0 aliphatic carbocycles. The number of hydrogen-bond acceptors (Lipinski definition) is 6. The fourth-order valence-corrected chi connectivity index (χ4v) is 3.34. The van der Waals surface area contributed by atoms with Crippen LogP contribution in [0.25, 0.3) is 11.0 Å². The molecule has 0 spiro atoms. The molecule has 0 bridgehead atoms. The average molecular weight is 373 g/mol. The van der Waals surface area contributed by atoms with E-state index < -0.39 is 5.63 Å². The van der Waals surface area contributed by atoms with Gasteiger partial charge in [0.1, 0.15) is 18.1 Å². The van der Waals surface area contributed by atoms with Crippen molar-refractivity contribution in [1.29, 1.82) is 0 Å². The topological polar surface area (TPSA) is 69.0 Å². The van der Waals surface area contributed by atoms with E-state index in [1.807, 2.05) is 19.1 Å². The summed E-state index contributed by atoms with van der Waals surface area (Å²) in [7, 11) is 0. The van der Waals surface area contributed by atoms with Crippen LogP contribution in [0.1, 0.15) is 50.8 Å². The molecule has 6 heteroatoms. The zero-order valence-corrected chi connectivity index (χ0v) is 16.7. The highest BCUT2D eigenvalue weighted by molar-refractivity contribution is 5.86. The minimum absolute atomic E-state index is 0.0607. The van der Waals surface area contributed by atoms with Crippen LogP contribution in [-0.4, -0.2) is 29.7 Å². The molecule has 0 saturated heterocycles. The van der Waals surface area contributed by atoms with Crippen molar-refractivity contribution in [2.24, 2.45) is 0 Å². The first kappa shape index (κ1) is 19.4. The van der Waals surface area contributed by atoms with Gasteiger partial charge in [-0.15, -0.1) is 0 Å². The highest BCUT2D eigenvalue weighted by Crippen LogP contribution is 2.35. The fraction of sp³-hybridized carbons (Fsp3) is 0.524. The molecule has 3 rings (SSSR count). The molecule has 0 saturated carbocycles. The van der Waals surface area contributed by atoms with E-state index in [4.69, 9.17) is 13.9 Å². The molecule has 0 amide bonds. The third kappa shape index (κ3) is 3.86. The molecular formula is C21H27NO5. The molecule has 1 aliphatic rings. The number of rotatable bonds is 4. The van der Waals surface area contributed by atoms with Crippen LogP contribution in [0, 0.1) is 6.92 Å². The molecule has 27 heavy (non-hydrogen) atoms. The van der Waals surface area contributed by atoms with E-state index >= 15 is 0 Å². The summed E-state index contributed by atoms with van der Waals surface area (Å²) >= 11 is 0. The Hall–Kier alpha value is -2.34. The number of aryl methyl sites for hydroxylation is 1. The van der Waals surface area contributed by atoms with Crippen LogP contribution in [0.15, 0.2) is 21.3 Å². The zero-order valence-electron chi connectivity index (χ0n) is 16.7. The summed E-state index contributed by atoms with van der Waals surface area (Å²) in [5, 5.41) is 0.881. The van der Waals surface area contributed by atoms with Crippen LogP contribution in [0.2, 0.25) is 0 Å². The Morgan fingerprint density at radius 1 is 1.30 bits per heavy atom. The fourth-order valence-electron chi connectivity index (χ4n) is 3.34. The second-order valence-electron chi connectivity index (χ2n) is 7.86. The van der Waals surface area contributed by atoms with Crippen molar-refractivity contribution in [3.8, 4) is 5.75 Å². The highest BCUT2D eigenvalue weighted by Gasteiger charge is 2.29. The molecule has 1 aromatic heterocycles. The van der Waals surface area contributed by atoms with Crippen LogP contribution in [0.3, 0.4) is 0 Å². The molecule has 146 valence electrons. The van der Waals surface area contributed by atoms with Crippen molar-refractivity contribution in [1.82, 2.24) is 4.90 Å². The molecule has 0 N–H and O–H groups in total. The molecule has 0 radical (unpaired) electrons. The quantitative estimate of drug-likeness (QED) is 0.603. The molecule has 0 unspecified atom stereocenters. The van der Waals surface area contributed by atoms with Crippen molar-refractivity contribution in [3.63, 3.8) is 0 Å². The maximum atomic E-state index is 12.6. The van der Waals surface area contributed by atoms with E-state index in [-0.39, 0.29) is 17.9 Å². The minimum Gasteiger partial charge on any atom is -0.478 e. The van der Waals surface area contributed by atoms with Gasteiger partial charge in [0.15, 0.2) is 0 Å². The lowest BCUT2D eigenvalue weighted by Gasteiger charge is -2.38. The largest absolute Gasteiger partial charge is 0.478 e. The molecule has 1 aromatic carbocycles. The van der Waals surface area contributed by atoms with Crippen LogP contribution < -0.4 is 10.4 Å². The lowest BCUT2D eigenvalue weighted by atomic mass is 9.98. The number of esters is 1. The molecular weight excluding hydrogens is 346 g/mol. The summed E-state index contributed by atoms with van der Waals surface area (Å²) in [4.78, 5) is 26.5. The van der Waals surface area contributed by atoms with Crippen molar-refractivity contribution in [2.45, 2.75) is 59.5 Å². The number of benzene rings is 1. The van der Waals surface area contributed by atoms with Crippen molar-refractivity contribution < 1.29 is 18.7 Å². The number of carbonyl (C=O) groups excluding carboxylic acids is 1. The average Bonchev–Trinajstić information content (AvgIpc) is 2.60. The normalized spacial score (nSPS) is 14.7. The van der Waals surface area contributed by atoms with Gasteiger partial charge >= 0.3 is 11.6 Å². The summed E-state index contributed by atoms with van der Waals surface area (Å²) in [6.07, 6.45) is 0.474. The van der Waals surface area contributed by atoms with Gasteiger partial charge in [-0.05, 0) is 58.7 Å².